The van der Waals surface area contributed by atoms with Gasteiger partial charge in [0.25, 0.3) is 0 Å². The lowest BCUT2D eigenvalue weighted by atomic mass is 10.2. The molecule has 0 aliphatic carbocycles. The van der Waals surface area contributed by atoms with Crippen molar-refractivity contribution in [3.05, 3.63) is 63.9 Å². The standard InChI is InChI=1S/C17H15BrFNO4/c1-22-15-6-2-12(3-7-15)9-20-24-11-17(21)23-10-13-4-5-14(18)8-16(13)19/h2-9H,10-11H2,1H3/b20-9-. The van der Waals surface area contributed by atoms with Gasteiger partial charge in [0.15, 0.2) is 0 Å². The van der Waals surface area contributed by atoms with Gasteiger partial charge in [-0.05, 0) is 42.0 Å². The quantitative estimate of drug-likeness (QED) is 0.407. The Morgan fingerprint density at radius 3 is 2.67 bits per heavy atom. The van der Waals surface area contributed by atoms with E-state index in [1.54, 1.807) is 37.4 Å². The number of hydrogen-bond donors (Lipinski definition) is 0. The highest BCUT2D eigenvalue weighted by Gasteiger charge is 2.07. The Kier molecular flexibility index (Phi) is 6.74. The van der Waals surface area contributed by atoms with Gasteiger partial charge in [0, 0.05) is 10.0 Å². The molecule has 0 atom stereocenters. The van der Waals surface area contributed by atoms with Crippen LogP contribution in [0.15, 0.2) is 52.1 Å². The van der Waals surface area contributed by atoms with E-state index in [9.17, 15) is 9.18 Å². The summed E-state index contributed by atoms with van der Waals surface area (Å²) in [6.45, 7) is -0.520. The third-order valence-electron chi connectivity index (χ3n) is 2.98. The molecule has 0 saturated heterocycles. The molecule has 0 aliphatic rings. The van der Waals surface area contributed by atoms with Crippen LogP contribution in [0.5, 0.6) is 5.75 Å². The van der Waals surface area contributed by atoms with Crippen LogP contribution >= 0.6 is 15.9 Å². The molecule has 0 unspecified atom stereocenters. The Hall–Kier alpha value is -2.41. The fraction of sp³-hybridized carbons (Fsp3) is 0.176. The first kappa shape index (κ1) is 17.9. The molecule has 5 nitrogen and oxygen atoms in total. The predicted molar refractivity (Wildman–Crippen MR) is 90.4 cm³/mol. The number of benzene rings is 2. The molecule has 7 heteroatoms. The monoisotopic (exact) mass is 395 g/mol. The van der Waals surface area contributed by atoms with Crippen molar-refractivity contribution in [3.8, 4) is 5.75 Å². The van der Waals surface area contributed by atoms with Crippen LogP contribution in [0.4, 0.5) is 4.39 Å². The molecule has 0 saturated carbocycles. The second-order valence-corrected chi connectivity index (χ2v) is 5.59. The minimum atomic E-state index is -0.635. The van der Waals surface area contributed by atoms with E-state index in [1.807, 2.05) is 0 Å². The van der Waals surface area contributed by atoms with Gasteiger partial charge in [-0.2, -0.15) is 0 Å². The van der Waals surface area contributed by atoms with Crippen LogP contribution < -0.4 is 4.74 Å². The van der Waals surface area contributed by atoms with Gasteiger partial charge in [-0.1, -0.05) is 27.2 Å². The summed E-state index contributed by atoms with van der Waals surface area (Å²) in [5.74, 6) is -0.350. The Bertz CT molecular complexity index is 719. The average molecular weight is 396 g/mol. The lowest BCUT2D eigenvalue weighted by molar-refractivity contribution is -0.150. The molecule has 0 aliphatic heterocycles. The maximum absolute atomic E-state index is 13.6. The van der Waals surface area contributed by atoms with Gasteiger partial charge in [0.1, 0.15) is 18.2 Å². The van der Waals surface area contributed by atoms with E-state index in [2.05, 4.69) is 21.1 Å². The van der Waals surface area contributed by atoms with Gasteiger partial charge in [-0.15, -0.1) is 0 Å². The van der Waals surface area contributed by atoms with E-state index < -0.39 is 11.8 Å². The van der Waals surface area contributed by atoms with E-state index in [0.29, 0.717) is 4.47 Å². The first-order valence-electron chi connectivity index (χ1n) is 6.97. The molecule has 0 amide bonds. The van der Waals surface area contributed by atoms with Crippen LogP contribution in [0.25, 0.3) is 0 Å². The Morgan fingerprint density at radius 2 is 2.00 bits per heavy atom. The number of oxime groups is 1. The minimum Gasteiger partial charge on any atom is -0.497 e. The SMILES string of the molecule is COc1ccc(/C=N\OCC(=O)OCc2ccc(Br)cc2F)cc1. The van der Waals surface area contributed by atoms with E-state index in [4.69, 9.17) is 14.3 Å². The average Bonchev–Trinajstić information content (AvgIpc) is 2.58. The van der Waals surface area contributed by atoms with Crippen LogP contribution in [0, 0.1) is 5.82 Å². The van der Waals surface area contributed by atoms with Crippen LogP contribution in [-0.2, 0) is 21.0 Å². The van der Waals surface area contributed by atoms with Crippen molar-refractivity contribution in [1.82, 2.24) is 0 Å². The van der Waals surface area contributed by atoms with Gasteiger partial charge in [0.2, 0.25) is 6.61 Å². The molecule has 0 N–H and O–H groups in total. The van der Waals surface area contributed by atoms with Crippen LogP contribution in [0.2, 0.25) is 0 Å². The highest BCUT2D eigenvalue weighted by molar-refractivity contribution is 9.10. The molecular formula is C17H15BrFNO4. The number of ether oxygens (including phenoxy) is 2. The zero-order valence-electron chi connectivity index (χ0n) is 12.9. The van der Waals surface area contributed by atoms with Crippen molar-refractivity contribution in [2.75, 3.05) is 13.7 Å². The first-order chi connectivity index (χ1) is 11.6. The van der Waals surface area contributed by atoms with Gasteiger partial charge in [-0.25, -0.2) is 9.18 Å². The van der Waals surface area contributed by atoms with Gasteiger partial charge >= 0.3 is 5.97 Å². The largest absolute Gasteiger partial charge is 0.497 e. The summed E-state index contributed by atoms with van der Waals surface area (Å²) in [6, 6.07) is 11.7. The molecule has 2 rings (SSSR count). The lowest BCUT2D eigenvalue weighted by Gasteiger charge is -2.05. The number of rotatable bonds is 7. The number of nitrogens with zero attached hydrogens (tertiary/aromatic N) is 1. The van der Waals surface area contributed by atoms with Crippen molar-refractivity contribution >= 4 is 28.1 Å². The summed E-state index contributed by atoms with van der Waals surface area (Å²) >= 11 is 3.16. The fourth-order valence-corrected chi connectivity index (χ4v) is 2.05. The number of carbonyl (C=O) groups excluding carboxylic acids is 1. The maximum atomic E-state index is 13.6. The molecule has 0 spiro atoms. The fourth-order valence-electron chi connectivity index (χ4n) is 1.72. The molecule has 0 heterocycles. The summed E-state index contributed by atoms with van der Waals surface area (Å²) in [5.41, 5.74) is 1.08. The summed E-state index contributed by atoms with van der Waals surface area (Å²) < 4.78 is 24.1. The Labute approximate surface area is 147 Å². The van der Waals surface area contributed by atoms with Crippen molar-refractivity contribution in [2.45, 2.75) is 6.61 Å². The van der Waals surface area contributed by atoms with Gasteiger partial charge in [-0.3, -0.25) is 0 Å². The molecule has 24 heavy (non-hydrogen) atoms. The van der Waals surface area contributed by atoms with E-state index in [0.717, 1.165) is 11.3 Å². The summed E-state index contributed by atoms with van der Waals surface area (Å²) in [7, 11) is 1.58. The number of esters is 1. The Morgan fingerprint density at radius 1 is 1.25 bits per heavy atom. The van der Waals surface area contributed by atoms with Crippen molar-refractivity contribution < 1.29 is 23.5 Å². The molecule has 0 fully saturated rings. The van der Waals surface area contributed by atoms with E-state index >= 15 is 0 Å². The smallest absolute Gasteiger partial charge is 0.347 e. The predicted octanol–water partition coefficient (Wildman–Crippen LogP) is 3.69. The summed E-state index contributed by atoms with van der Waals surface area (Å²) in [4.78, 5) is 16.4. The molecule has 0 bridgehead atoms. The third-order valence-corrected chi connectivity index (χ3v) is 3.47. The normalized spacial score (nSPS) is 10.6. The number of carbonyl (C=O) groups is 1. The van der Waals surface area contributed by atoms with E-state index in [-0.39, 0.29) is 18.8 Å². The number of methoxy groups -OCH3 is 1. The highest BCUT2D eigenvalue weighted by atomic mass is 79.9. The van der Waals surface area contributed by atoms with Crippen LogP contribution in [0.1, 0.15) is 11.1 Å². The highest BCUT2D eigenvalue weighted by Crippen LogP contribution is 2.16. The molecule has 0 radical (unpaired) electrons. The second kappa shape index (κ2) is 9.02. The topological polar surface area (TPSA) is 57.1 Å². The van der Waals surface area contributed by atoms with E-state index in [1.165, 1.54) is 18.3 Å². The third kappa shape index (κ3) is 5.66. The molecule has 2 aromatic rings. The summed E-state index contributed by atoms with van der Waals surface area (Å²) in [6.07, 6.45) is 1.46. The van der Waals surface area contributed by atoms with Crippen LogP contribution in [-0.4, -0.2) is 25.9 Å². The minimum absolute atomic E-state index is 0.163. The lowest BCUT2D eigenvalue weighted by Crippen LogP contribution is -2.11. The van der Waals surface area contributed by atoms with Crippen molar-refractivity contribution in [2.24, 2.45) is 5.16 Å². The zero-order valence-corrected chi connectivity index (χ0v) is 14.5. The van der Waals surface area contributed by atoms with Gasteiger partial charge in [0.05, 0.1) is 13.3 Å². The summed E-state index contributed by atoms with van der Waals surface area (Å²) in [5, 5.41) is 3.67. The van der Waals surface area contributed by atoms with Gasteiger partial charge < -0.3 is 14.3 Å². The number of hydrogen-bond acceptors (Lipinski definition) is 5. The first-order valence-corrected chi connectivity index (χ1v) is 7.76. The molecule has 2 aromatic carbocycles. The van der Waals surface area contributed by atoms with Crippen LogP contribution in [0.3, 0.4) is 0 Å². The van der Waals surface area contributed by atoms with Crippen molar-refractivity contribution in [1.29, 1.82) is 0 Å². The number of halogens is 2. The maximum Gasteiger partial charge on any atom is 0.347 e. The second-order valence-electron chi connectivity index (χ2n) is 4.68. The molecule has 126 valence electrons. The zero-order chi connectivity index (χ0) is 17.4. The molecular weight excluding hydrogens is 381 g/mol. The van der Waals surface area contributed by atoms with Crippen molar-refractivity contribution in [3.63, 3.8) is 0 Å². The molecule has 0 aromatic heterocycles. The Balaban J connectivity index is 1.73.